The Morgan fingerprint density at radius 1 is 1.05 bits per heavy atom. The van der Waals surface area contributed by atoms with E-state index in [0.29, 0.717) is 0 Å². The number of hydrogen-bond donors (Lipinski definition) is 1. The number of methoxy groups -OCH3 is 1. The molecule has 0 atom stereocenters. The molecule has 0 saturated heterocycles. The molecule has 0 saturated carbocycles. The van der Waals surface area contributed by atoms with Gasteiger partial charge in [0.2, 0.25) is 0 Å². The minimum atomic E-state index is 0.786. The van der Waals surface area contributed by atoms with E-state index in [4.69, 9.17) is 10.5 Å². The van der Waals surface area contributed by atoms with Gasteiger partial charge in [-0.1, -0.05) is 13.8 Å². The van der Waals surface area contributed by atoms with Gasteiger partial charge < -0.3 is 20.3 Å². The standard InChI is InChI=1S/C16H29N3O/c1-5-18(6-2)11-8-12-19(7-3)16-10-9-14(20-4)13-15(16)17/h9-10,13H,5-8,11-12,17H2,1-4H3. The van der Waals surface area contributed by atoms with Crippen LogP contribution in [0.5, 0.6) is 5.75 Å². The van der Waals surface area contributed by atoms with E-state index in [1.54, 1.807) is 7.11 Å². The summed E-state index contributed by atoms with van der Waals surface area (Å²) < 4.78 is 5.20. The Morgan fingerprint density at radius 2 is 1.75 bits per heavy atom. The number of rotatable bonds is 9. The molecule has 1 aromatic rings. The normalized spacial score (nSPS) is 10.8. The lowest BCUT2D eigenvalue weighted by Gasteiger charge is -2.26. The Bertz CT molecular complexity index is 391. The fourth-order valence-electron chi connectivity index (χ4n) is 2.42. The second kappa shape index (κ2) is 8.69. The predicted molar refractivity (Wildman–Crippen MR) is 87.7 cm³/mol. The van der Waals surface area contributed by atoms with Crippen LogP contribution in [-0.4, -0.2) is 44.7 Å². The Labute approximate surface area is 123 Å². The van der Waals surface area contributed by atoms with Gasteiger partial charge in [-0.15, -0.1) is 0 Å². The first-order chi connectivity index (χ1) is 9.65. The average molecular weight is 279 g/mol. The lowest BCUT2D eigenvalue weighted by Crippen LogP contribution is -2.30. The SMILES string of the molecule is CCN(CC)CCCN(CC)c1ccc(OC)cc1N. The zero-order chi connectivity index (χ0) is 15.0. The third-order valence-corrected chi connectivity index (χ3v) is 3.75. The minimum Gasteiger partial charge on any atom is -0.497 e. The second-order valence-corrected chi connectivity index (χ2v) is 4.88. The molecule has 0 fully saturated rings. The number of anilines is 2. The van der Waals surface area contributed by atoms with Crippen LogP contribution >= 0.6 is 0 Å². The zero-order valence-corrected chi connectivity index (χ0v) is 13.4. The summed E-state index contributed by atoms with van der Waals surface area (Å²) in [6.07, 6.45) is 1.15. The van der Waals surface area contributed by atoms with Gasteiger partial charge in [0.1, 0.15) is 5.75 Å². The molecule has 0 aromatic heterocycles. The molecule has 0 amide bonds. The van der Waals surface area contributed by atoms with E-state index in [2.05, 4.69) is 36.6 Å². The minimum absolute atomic E-state index is 0.786. The van der Waals surface area contributed by atoms with Gasteiger partial charge in [0.05, 0.1) is 18.5 Å². The van der Waals surface area contributed by atoms with Crippen molar-refractivity contribution in [3.05, 3.63) is 18.2 Å². The molecule has 0 heterocycles. The molecule has 0 radical (unpaired) electrons. The number of nitrogens with zero attached hydrogens (tertiary/aromatic N) is 2. The van der Waals surface area contributed by atoms with E-state index in [1.807, 2.05) is 12.1 Å². The van der Waals surface area contributed by atoms with Crippen molar-refractivity contribution < 1.29 is 4.74 Å². The summed E-state index contributed by atoms with van der Waals surface area (Å²) >= 11 is 0. The zero-order valence-electron chi connectivity index (χ0n) is 13.4. The molecular formula is C16H29N3O. The molecule has 1 rings (SSSR count). The molecular weight excluding hydrogens is 250 g/mol. The topological polar surface area (TPSA) is 41.7 Å². The largest absolute Gasteiger partial charge is 0.497 e. The molecule has 0 bridgehead atoms. The molecule has 20 heavy (non-hydrogen) atoms. The first-order valence-electron chi connectivity index (χ1n) is 7.57. The van der Waals surface area contributed by atoms with Crippen LogP contribution in [0.4, 0.5) is 11.4 Å². The molecule has 0 aliphatic heterocycles. The van der Waals surface area contributed by atoms with Gasteiger partial charge in [-0.05, 0) is 45.1 Å². The van der Waals surface area contributed by atoms with Crippen molar-refractivity contribution in [1.29, 1.82) is 0 Å². The Balaban J connectivity index is 2.62. The van der Waals surface area contributed by atoms with Gasteiger partial charge in [-0.3, -0.25) is 0 Å². The first kappa shape index (κ1) is 16.6. The summed E-state index contributed by atoms with van der Waals surface area (Å²) in [7, 11) is 1.66. The van der Waals surface area contributed by atoms with Gasteiger partial charge in [0.25, 0.3) is 0 Å². The first-order valence-corrected chi connectivity index (χ1v) is 7.57. The van der Waals surface area contributed by atoms with Crippen LogP contribution < -0.4 is 15.4 Å². The van der Waals surface area contributed by atoms with Crippen molar-refractivity contribution in [3.63, 3.8) is 0 Å². The fraction of sp³-hybridized carbons (Fsp3) is 0.625. The average Bonchev–Trinajstić information content (AvgIpc) is 2.48. The van der Waals surface area contributed by atoms with E-state index >= 15 is 0 Å². The summed E-state index contributed by atoms with van der Waals surface area (Å²) in [6, 6.07) is 5.91. The van der Waals surface area contributed by atoms with Crippen molar-refractivity contribution >= 4 is 11.4 Å². The van der Waals surface area contributed by atoms with Crippen LogP contribution in [0.1, 0.15) is 27.2 Å². The maximum atomic E-state index is 6.13. The smallest absolute Gasteiger partial charge is 0.121 e. The third-order valence-electron chi connectivity index (χ3n) is 3.75. The van der Waals surface area contributed by atoms with Crippen molar-refractivity contribution in [2.45, 2.75) is 27.2 Å². The number of hydrogen-bond acceptors (Lipinski definition) is 4. The van der Waals surface area contributed by atoms with Crippen molar-refractivity contribution in [3.8, 4) is 5.75 Å². The Morgan fingerprint density at radius 3 is 2.25 bits per heavy atom. The van der Waals surface area contributed by atoms with E-state index in [-0.39, 0.29) is 0 Å². The molecule has 2 N–H and O–H groups in total. The van der Waals surface area contributed by atoms with Crippen molar-refractivity contribution in [2.24, 2.45) is 0 Å². The molecule has 0 aliphatic carbocycles. The van der Waals surface area contributed by atoms with Crippen LogP contribution in [0.25, 0.3) is 0 Å². The maximum absolute atomic E-state index is 6.13. The number of benzene rings is 1. The molecule has 1 aromatic carbocycles. The number of nitrogen functional groups attached to an aromatic ring is 1. The van der Waals surface area contributed by atoms with Gasteiger partial charge in [0.15, 0.2) is 0 Å². The highest BCUT2D eigenvalue weighted by molar-refractivity contribution is 5.69. The highest BCUT2D eigenvalue weighted by Gasteiger charge is 2.09. The molecule has 0 aliphatic rings. The van der Waals surface area contributed by atoms with Crippen LogP contribution in [0, 0.1) is 0 Å². The molecule has 0 spiro atoms. The van der Waals surface area contributed by atoms with E-state index in [0.717, 1.165) is 56.3 Å². The van der Waals surface area contributed by atoms with Crippen LogP contribution in [0.3, 0.4) is 0 Å². The quantitative estimate of drug-likeness (QED) is 0.706. The number of nitrogens with two attached hydrogens (primary N) is 1. The van der Waals surface area contributed by atoms with E-state index < -0.39 is 0 Å². The van der Waals surface area contributed by atoms with Gasteiger partial charge in [-0.2, -0.15) is 0 Å². The molecule has 4 heteroatoms. The lowest BCUT2D eigenvalue weighted by atomic mass is 10.2. The van der Waals surface area contributed by atoms with Crippen molar-refractivity contribution in [2.75, 3.05) is 50.5 Å². The van der Waals surface area contributed by atoms with Crippen molar-refractivity contribution in [1.82, 2.24) is 4.90 Å². The van der Waals surface area contributed by atoms with Gasteiger partial charge >= 0.3 is 0 Å². The summed E-state index contributed by atoms with van der Waals surface area (Å²) in [6.45, 7) is 12.0. The summed E-state index contributed by atoms with van der Waals surface area (Å²) in [5, 5.41) is 0. The monoisotopic (exact) mass is 279 g/mol. The maximum Gasteiger partial charge on any atom is 0.121 e. The number of ether oxygens (including phenoxy) is 1. The second-order valence-electron chi connectivity index (χ2n) is 4.88. The predicted octanol–water partition coefficient (Wildman–Crippen LogP) is 2.84. The third kappa shape index (κ3) is 4.60. The Hall–Kier alpha value is -1.42. The van der Waals surface area contributed by atoms with E-state index in [9.17, 15) is 0 Å². The fourth-order valence-corrected chi connectivity index (χ4v) is 2.42. The molecule has 0 unspecified atom stereocenters. The van der Waals surface area contributed by atoms with Crippen LogP contribution in [0.15, 0.2) is 18.2 Å². The van der Waals surface area contributed by atoms with Crippen LogP contribution in [0.2, 0.25) is 0 Å². The van der Waals surface area contributed by atoms with E-state index in [1.165, 1.54) is 0 Å². The summed E-state index contributed by atoms with van der Waals surface area (Å²) in [5.74, 6) is 0.811. The lowest BCUT2D eigenvalue weighted by molar-refractivity contribution is 0.301. The highest BCUT2D eigenvalue weighted by atomic mass is 16.5. The highest BCUT2D eigenvalue weighted by Crippen LogP contribution is 2.27. The summed E-state index contributed by atoms with van der Waals surface area (Å²) in [5.41, 5.74) is 8.02. The van der Waals surface area contributed by atoms with Crippen LogP contribution in [-0.2, 0) is 0 Å². The molecule has 4 nitrogen and oxygen atoms in total. The molecule has 114 valence electrons. The van der Waals surface area contributed by atoms with Gasteiger partial charge in [0, 0.05) is 19.2 Å². The summed E-state index contributed by atoms with van der Waals surface area (Å²) in [4.78, 5) is 4.78. The Kier molecular flexibility index (Phi) is 7.23. The van der Waals surface area contributed by atoms with Gasteiger partial charge in [-0.25, -0.2) is 0 Å².